The maximum atomic E-state index is 13.2. The molecule has 0 bridgehead atoms. The van der Waals surface area contributed by atoms with Crippen molar-refractivity contribution in [3.05, 3.63) is 59.8 Å². The summed E-state index contributed by atoms with van der Waals surface area (Å²) in [5.41, 5.74) is 1.78. The van der Waals surface area contributed by atoms with Gasteiger partial charge in [-0.25, -0.2) is 13.2 Å². The Hall–Kier alpha value is -3.33. The second-order valence-electron chi connectivity index (χ2n) is 6.76. The maximum absolute atomic E-state index is 13.2. The Morgan fingerprint density at radius 1 is 1.10 bits per heavy atom. The number of hydrogen-bond acceptors (Lipinski definition) is 6. The summed E-state index contributed by atoms with van der Waals surface area (Å²) in [6.07, 6.45) is 2.39. The lowest BCUT2D eigenvalue weighted by Crippen LogP contribution is -2.37. The van der Waals surface area contributed by atoms with Crippen molar-refractivity contribution in [3.8, 4) is 5.75 Å². The number of hydrogen-bond donors (Lipinski definition) is 0. The molecule has 0 aliphatic heterocycles. The molecule has 3 aromatic rings. The van der Waals surface area contributed by atoms with Gasteiger partial charge in [0, 0.05) is 11.6 Å². The molecule has 1 heterocycles. The van der Waals surface area contributed by atoms with Crippen LogP contribution in [0.3, 0.4) is 0 Å². The number of fused-ring (bicyclic) bond motifs is 1. The van der Waals surface area contributed by atoms with E-state index in [2.05, 4.69) is 0 Å². The number of ether oxygens (including phenoxy) is 2. The number of carbonyl (C=O) groups is 2. The topological polar surface area (TPSA) is 94.9 Å². The highest BCUT2D eigenvalue weighted by atomic mass is 32.2. The average molecular weight is 430 g/mol. The van der Waals surface area contributed by atoms with Crippen LogP contribution in [0.2, 0.25) is 0 Å². The Morgan fingerprint density at radius 3 is 2.43 bits per heavy atom. The molecule has 2 aromatic carbocycles. The molecule has 0 amide bonds. The molecule has 0 atom stereocenters. The molecule has 0 unspecified atom stereocenters. The quantitative estimate of drug-likeness (QED) is 0.558. The van der Waals surface area contributed by atoms with E-state index in [0.717, 1.165) is 16.1 Å². The maximum Gasteiger partial charge on any atom is 0.340 e. The Kier molecular flexibility index (Phi) is 5.84. The molecular weight excluding hydrogens is 408 g/mol. The van der Waals surface area contributed by atoms with Crippen molar-refractivity contribution in [1.29, 1.82) is 0 Å². The van der Waals surface area contributed by atoms with Gasteiger partial charge in [0.2, 0.25) is 10.0 Å². The summed E-state index contributed by atoms with van der Waals surface area (Å²) in [7, 11) is -1.13. The largest absolute Gasteiger partial charge is 0.495 e. The monoisotopic (exact) mass is 430 g/mol. The summed E-state index contributed by atoms with van der Waals surface area (Å²) >= 11 is 0. The molecule has 3 rings (SSSR count). The summed E-state index contributed by atoms with van der Waals surface area (Å²) in [5, 5.41) is 0.539. The zero-order valence-corrected chi connectivity index (χ0v) is 17.9. The Labute approximate surface area is 174 Å². The van der Waals surface area contributed by atoms with Gasteiger partial charge in [0.25, 0.3) is 5.91 Å². The predicted octanol–water partition coefficient (Wildman–Crippen LogP) is 2.85. The van der Waals surface area contributed by atoms with Crippen molar-refractivity contribution >= 4 is 38.5 Å². The molecule has 0 saturated heterocycles. The van der Waals surface area contributed by atoms with Crippen LogP contribution in [-0.2, 0) is 14.8 Å². The fraction of sp³-hybridized carbons (Fsp3) is 0.238. The van der Waals surface area contributed by atoms with Crippen molar-refractivity contribution in [1.82, 2.24) is 4.57 Å². The van der Waals surface area contributed by atoms with Crippen LogP contribution in [0.25, 0.3) is 10.9 Å². The van der Waals surface area contributed by atoms with Gasteiger partial charge in [-0.2, -0.15) is 0 Å². The van der Waals surface area contributed by atoms with Gasteiger partial charge in [-0.1, -0.05) is 24.3 Å². The van der Waals surface area contributed by atoms with Crippen LogP contribution in [0.4, 0.5) is 5.69 Å². The van der Waals surface area contributed by atoms with Crippen LogP contribution < -0.4 is 9.04 Å². The number of anilines is 1. The molecule has 0 spiro atoms. The third-order valence-corrected chi connectivity index (χ3v) is 5.79. The average Bonchev–Trinajstić information content (AvgIpc) is 3.10. The molecule has 158 valence electrons. The van der Waals surface area contributed by atoms with Crippen LogP contribution in [0, 0.1) is 6.92 Å². The first-order valence-corrected chi connectivity index (χ1v) is 10.9. The minimum absolute atomic E-state index is 0.223. The van der Waals surface area contributed by atoms with E-state index in [1.165, 1.54) is 25.0 Å². The van der Waals surface area contributed by atoms with Gasteiger partial charge < -0.3 is 9.47 Å². The molecule has 1 aromatic heterocycles. The number of esters is 1. The predicted molar refractivity (Wildman–Crippen MR) is 114 cm³/mol. The number of benzene rings is 2. The molecule has 0 fully saturated rings. The van der Waals surface area contributed by atoms with E-state index < -0.39 is 28.4 Å². The fourth-order valence-corrected chi connectivity index (χ4v) is 4.08. The van der Waals surface area contributed by atoms with Gasteiger partial charge in [-0.15, -0.1) is 0 Å². The van der Waals surface area contributed by atoms with Gasteiger partial charge in [0.1, 0.15) is 12.3 Å². The van der Waals surface area contributed by atoms with E-state index in [1.54, 1.807) is 42.5 Å². The molecular formula is C21H22N2O6S. The van der Waals surface area contributed by atoms with Gasteiger partial charge in [-0.05, 0) is 30.7 Å². The molecule has 0 saturated carbocycles. The van der Waals surface area contributed by atoms with Crippen LogP contribution in [0.5, 0.6) is 5.75 Å². The number of para-hydroxylation sites is 1. The summed E-state index contributed by atoms with van der Waals surface area (Å²) < 4.78 is 37.4. The third kappa shape index (κ3) is 4.02. The summed E-state index contributed by atoms with van der Waals surface area (Å²) in [4.78, 5) is 25.3. The first-order chi connectivity index (χ1) is 14.2. The lowest BCUT2D eigenvalue weighted by atomic mass is 10.2. The van der Waals surface area contributed by atoms with Gasteiger partial charge >= 0.3 is 5.97 Å². The Bertz CT molecular complexity index is 1230. The van der Waals surface area contributed by atoms with Gasteiger partial charge in [0.05, 0.1) is 37.2 Å². The number of methoxy groups -OCH3 is 2. The first-order valence-electron chi connectivity index (χ1n) is 9.01. The van der Waals surface area contributed by atoms with Crippen LogP contribution in [0.1, 0.15) is 20.7 Å². The molecule has 0 aliphatic rings. The normalized spacial score (nSPS) is 11.3. The molecule has 0 radical (unpaired) electrons. The summed E-state index contributed by atoms with van der Waals surface area (Å²) in [6, 6.07) is 11.9. The molecule has 0 aliphatic carbocycles. The van der Waals surface area contributed by atoms with Crippen molar-refractivity contribution in [2.45, 2.75) is 6.92 Å². The van der Waals surface area contributed by atoms with Crippen molar-refractivity contribution in [2.75, 3.05) is 31.3 Å². The fourth-order valence-electron chi connectivity index (χ4n) is 3.23. The van der Waals surface area contributed by atoms with Crippen molar-refractivity contribution < 1.29 is 27.5 Å². The molecule has 9 heteroatoms. The van der Waals surface area contributed by atoms with Crippen molar-refractivity contribution in [3.63, 3.8) is 0 Å². The van der Waals surface area contributed by atoms with Crippen LogP contribution in [0.15, 0.2) is 48.7 Å². The number of carbonyl (C=O) groups excluding carboxylic acids is 2. The Morgan fingerprint density at radius 2 is 1.80 bits per heavy atom. The number of rotatable bonds is 6. The molecule has 0 N–H and O–H groups in total. The van der Waals surface area contributed by atoms with E-state index in [1.807, 2.05) is 6.92 Å². The van der Waals surface area contributed by atoms with E-state index >= 15 is 0 Å². The number of sulfonamides is 1. The number of nitrogens with zero attached hydrogens (tertiary/aromatic N) is 2. The Balaban J connectivity index is 2.09. The zero-order chi connectivity index (χ0) is 22.1. The molecule has 8 nitrogen and oxygen atoms in total. The van der Waals surface area contributed by atoms with E-state index in [-0.39, 0.29) is 11.3 Å². The smallest absolute Gasteiger partial charge is 0.340 e. The molecule has 30 heavy (non-hydrogen) atoms. The second kappa shape index (κ2) is 8.19. The number of aromatic nitrogens is 1. The highest BCUT2D eigenvalue weighted by molar-refractivity contribution is 7.92. The third-order valence-electron chi connectivity index (χ3n) is 4.67. The van der Waals surface area contributed by atoms with E-state index in [0.29, 0.717) is 16.7 Å². The lowest BCUT2D eigenvalue weighted by molar-refractivity contribution is 0.0603. The highest BCUT2D eigenvalue weighted by Gasteiger charge is 2.26. The lowest BCUT2D eigenvalue weighted by Gasteiger charge is -2.24. The van der Waals surface area contributed by atoms with Crippen molar-refractivity contribution in [2.24, 2.45) is 0 Å². The minimum atomic E-state index is -3.81. The number of aryl methyl sites for hydroxylation is 1. The minimum Gasteiger partial charge on any atom is -0.495 e. The summed E-state index contributed by atoms with van der Waals surface area (Å²) in [5.74, 6) is -0.792. The van der Waals surface area contributed by atoms with Crippen LogP contribution >= 0.6 is 0 Å². The van der Waals surface area contributed by atoms with E-state index in [4.69, 9.17) is 9.47 Å². The van der Waals surface area contributed by atoms with Gasteiger partial charge in [0.15, 0.2) is 0 Å². The highest BCUT2D eigenvalue weighted by Crippen LogP contribution is 2.31. The second-order valence-corrected chi connectivity index (χ2v) is 8.67. The van der Waals surface area contributed by atoms with Crippen LogP contribution in [-0.4, -0.2) is 51.9 Å². The standard InChI is InChI=1S/C21H22N2O6S/c1-14-9-10-19(28-2)18(11-14)23(30(4,26)27)13-20(24)22-12-16(21(25)29-3)15-7-5-6-8-17(15)22/h5-12H,13H2,1-4H3. The SMILES string of the molecule is COC(=O)c1cn(C(=O)CN(c2cc(C)ccc2OC)S(C)(=O)=O)c2ccccc12. The van der Waals surface area contributed by atoms with E-state index in [9.17, 15) is 18.0 Å². The summed E-state index contributed by atoms with van der Waals surface area (Å²) in [6.45, 7) is 1.34. The van der Waals surface area contributed by atoms with Gasteiger partial charge in [-0.3, -0.25) is 13.7 Å². The first kappa shape index (κ1) is 21.4. The zero-order valence-electron chi connectivity index (χ0n) is 17.1.